The summed E-state index contributed by atoms with van der Waals surface area (Å²) in [7, 11) is 0. The van der Waals surface area contributed by atoms with Crippen LogP contribution in [0.3, 0.4) is 0 Å². The Bertz CT molecular complexity index is 623. The molecule has 6 heteroatoms. The van der Waals surface area contributed by atoms with Gasteiger partial charge >= 0.3 is 0 Å². The summed E-state index contributed by atoms with van der Waals surface area (Å²) in [4.78, 5) is 12.5. The van der Waals surface area contributed by atoms with Crippen LogP contribution in [0.25, 0.3) is 0 Å². The predicted octanol–water partition coefficient (Wildman–Crippen LogP) is 4.81. The normalized spacial score (nSPS) is 23.1. The Balaban J connectivity index is 2.15. The molecule has 2 unspecified atom stereocenters. The van der Waals surface area contributed by atoms with E-state index in [1.165, 1.54) is 0 Å². The van der Waals surface area contributed by atoms with Gasteiger partial charge in [-0.3, -0.25) is 4.79 Å². The van der Waals surface area contributed by atoms with Crippen molar-refractivity contribution in [3.05, 3.63) is 21.9 Å². The second-order valence-electron chi connectivity index (χ2n) is 7.51. The molecule has 1 aromatic rings. The highest BCUT2D eigenvalue weighted by Crippen LogP contribution is 2.60. The van der Waals surface area contributed by atoms with Crippen LogP contribution in [0.1, 0.15) is 45.9 Å². The molecule has 122 valence electrons. The quantitative estimate of drug-likeness (QED) is 0.855. The van der Waals surface area contributed by atoms with E-state index in [0.717, 1.165) is 11.3 Å². The van der Waals surface area contributed by atoms with E-state index < -0.39 is 0 Å². The minimum atomic E-state index is -0.172. The SMILES string of the molecule is Cc1c(NC(=O)C2C(C=C(Cl)Cl)C2(C)C)noc1C(C)(C)C. The summed E-state index contributed by atoms with van der Waals surface area (Å²) in [6.45, 7) is 12.1. The number of rotatable bonds is 3. The first-order valence-corrected chi connectivity index (χ1v) is 8.02. The molecule has 1 amide bonds. The highest BCUT2D eigenvalue weighted by atomic mass is 35.5. The fourth-order valence-electron chi connectivity index (χ4n) is 2.97. The lowest BCUT2D eigenvalue weighted by molar-refractivity contribution is -0.118. The molecule has 1 N–H and O–H groups in total. The number of hydrogen-bond donors (Lipinski definition) is 1. The molecule has 1 aromatic heterocycles. The molecule has 1 aliphatic rings. The molecule has 0 aliphatic heterocycles. The first-order chi connectivity index (χ1) is 9.96. The number of halogens is 2. The Morgan fingerprint density at radius 1 is 1.36 bits per heavy atom. The van der Waals surface area contributed by atoms with E-state index in [1.807, 2.05) is 41.5 Å². The molecule has 0 aromatic carbocycles. The fraction of sp³-hybridized carbons (Fsp3) is 0.625. The maximum atomic E-state index is 12.5. The number of carbonyl (C=O) groups is 1. The molecule has 1 aliphatic carbocycles. The minimum absolute atomic E-state index is 0.0341. The van der Waals surface area contributed by atoms with Gasteiger partial charge < -0.3 is 9.84 Å². The third kappa shape index (κ3) is 3.18. The summed E-state index contributed by atoms with van der Waals surface area (Å²) in [5.41, 5.74) is 0.543. The standard InChI is InChI=1S/C16H22Cl2N2O2/c1-8-12(15(2,3)4)22-20-13(8)19-14(21)11-9(7-10(17)18)16(11,5)6/h7,9,11H,1-6H3,(H,19,20,21). The molecule has 0 bridgehead atoms. The van der Waals surface area contributed by atoms with Crippen LogP contribution >= 0.6 is 23.2 Å². The molecular formula is C16H22Cl2N2O2. The van der Waals surface area contributed by atoms with Crippen LogP contribution < -0.4 is 5.32 Å². The van der Waals surface area contributed by atoms with Crippen molar-refractivity contribution in [1.82, 2.24) is 5.16 Å². The zero-order chi connectivity index (χ0) is 16.9. The number of anilines is 1. The molecule has 22 heavy (non-hydrogen) atoms. The van der Waals surface area contributed by atoms with Crippen LogP contribution in [0.15, 0.2) is 15.1 Å². The van der Waals surface area contributed by atoms with Crippen molar-refractivity contribution < 1.29 is 9.32 Å². The monoisotopic (exact) mass is 344 g/mol. The molecule has 2 atom stereocenters. The van der Waals surface area contributed by atoms with Gasteiger partial charge in [-0.2, -0.15) is 0 Å². The number of carbonyl (C=O) groups excluding carboxylic acids is 1. The van der Waals surface area contributed by atoms with Gasteiger partial charge in [-0.1, -0.05) is 63.0 Å². The minimum Gasteiger partial charge on any atom is -0.358 e. The van der Waals surface area contributed by atoms with Gasteiger partial charge in [0, 0.05) is 11.0 Å². The fourth-order valence-corrected chi connectivity index (χ4v) is 3.24. The van der Waals surface area contributed by atoms with E-state index >= 15 is 0 Å². The number of allylic oxidation sites excluding steroid dienone is 1. The average Bonchev–Trinajstić information content (AvgIpc) is 2.67. The Labute approximate surface area is 141 Å². The molecular weight excluding hydrogens is 323 g/mol. The summed E-state index contributed by atoms with van der Waals surface area (Å²) >= 11 is 11.4. The molecule has 1 heterocycles. The van der Waals surface area contributed by atoms with E-state index in [4.69, 9.17) is 27.7 Å². The van der Waals surface area contributed by atoms with Crippen molar-refractivity contribution in [3.8, 4) is 0 Å². The van der Waals surface area contributed by atoms with Crippen LogP contribution in [0.5, 0.6) is 0 Å². The lowest BCUT2D eigenvalue weighted by atomic mass is 9.91. The summed E-state index contributed by atoms with van der Waals surface area (Å²) in [6, 6.07) is 0. The number of nitrogens with one attached hydrogen (secondary N) is 1. The highest BCUT2D eigenvalue weighted by molar-refractivity contribution is 6.55. The van der Waals surface area contributed by atoms with Gasteiger partial charge in [-0.05, 0) is 24.3 Å². The van der Waals surface area contributed by atoms with Gasteiger partial charge in [-0.25, -0.2) is 0 Å². The lowest BCUT2D eigenvalue weighted by Crippen LogP contribution is -2.18. The van der Waals surface area contributed by atoms with Gasteiger partial charge in [0.05, 0.1) is 5.92 Å². The second kappa shape index (κ2) is 5.57. The summed E-state index contributed by atoms with van der Waals surface area (Å²) in [6.07, 6.45) is 1.73. The molecule has 0 saturated heterocycles. The van der Waals surface area contributed by atoms with Crippen LogP contribution in [0, 0.1) is 24.2 Å². The van der Waals surface area contributed by atoms with Crippen LogP contribution in [-0.4, -0.2) is 11.1 Å². The van der Waals surface area contributed by atoms with E-state index in [1.54, 1.807) is 6.08 Å². The van der Waals surface area contributed by atoms with E-state index in [9.17, 15) is 4.79 Å². The Hall–Kier alpha value is -1.00. The van der Waals surface area contributed by atoms with Crippen molar-refractivity contribution in [2.45, 2.75) is 47.0 Å². The maximum absolute atomic E-state index is 12.5. The van der Waals surface area contributed by atoms with Crippen molar-refractivity contribution in [3.63, 3.8) is 0 Å². The van der Waals surface area contributed by atoms with Gasteiger partial charge in [-0.15, -0.1) is 0 Å². The zero-order valence-corrected chi connectivity index (χ0v) is 15.3. The predicted molar refractivity (Wildman–Crippen MR) is 89.1 cm³/mol. The number of aromatic nitrogens is 1. The van der Waals surface area contributed by atoms with Crippen molar-refractivity contribution in [2.75, 3.05) is 5.32 Å². The number of hydrogen-bond acceptors (Lipinski definition) is 3. The smallest absolute Gasteiger partial charge is 0.229 e. The van der Waals surface area contributed by atoms with E-state index in [2.05, 4.69) is 10.5 Å². The Morgan fingerprint density at radius 3 is 2.41 bits per heavy atom. The van der Waals surface area contributed by atoms with Crippen LogP contribution in [0.4, 0.5) is 5.82 Å². The third-order valence-electron chi connectivity index (χ3n) is 4.35. The number of nitrogens with zero attached hydrogens (tertiary/aromatic N) is 1. The van der Waals surface area contributed by atoms with Crippen LogP contribution in [-0.2, 0) is 10.2 Å². The van der Waals surface area contributed by atoms with Crippen molar-refractivity contribution in [2.24, 2.45) is 17.3 Å². The van der Waals surface area contributed by atoms with E-state index in [0.29, 0.717) is 5.82 Å². The van der Waals surface area contributed by atoms with Crippen molar-refractivity contribution in [1.29, 1.82) is 0 Å². The molecule has 1 saturated carbocycles. The highest BCUT2D eigenvalue weighted by Gasteiger charge is 2.60. The van der Waals surface area contributed by atoms with E-state index in [-0.39, 0.29) is 33.1 Å². The molecule has 0 radical (unpaired) electrons. The Morgan fingerprint density at radius 2 is 1.95 bits per heavy atom. The first-order valence-electron chi connectivity index (χ1n) is 7.26. The topological polar surface area (TPSA) is 55.1 Å². The van der Waals surface area contributed by atoms with Crippen molar-refractivity contribution >= 4 is 34.9 Å². The van der Waals surface area contributed by atoms with Gasteiger partial charge in [0.2, 0.25) is 5.91 Å². The van der Waals surface area contributed by atoms with Gasteiger partial charge in [0.1, 0.15) is 10.3 Å². The summed E-state index contributed by atoms with van der Waals surface area (Å²) < 4.78 is 5.58. The summed E-state index contributed by atoms with van der Waals surface area (Å²) in [5.74, 6) is 1.04. The second-order valence-corrected chi connectivity index (χ2v) is 8.51. The average molecular weight is 345 g/mol. The maximum Gasteiger partial charge on any atom is 0.229 e. The lowest BCUT2D eigenvalue weighted by Gasteiger charge is -2.14. The van der Waals surface area contributed by atoms with Crippen LogP contribution in [0.2, 0.25) is 0 Å². The number of amides is 1. The summed E-state index contributed by atoms with van der Waals surface area (Å²) in [5, 5.41) is 6.86. The zero-order valence-electron chi connectivity index (χ0n) is 13.8. The van der Waals surface area contributed by atoms with Gasteiger partial charge in [0.15, 0.2) is 5.82 Å². The largest absolute Gasteiger partial charge is 0.358 e. The molecule has 4 nitrogen and oxygen atoms in total. The molecule has 0 spiro atoms. The Kier molecular flexibility index (Phi) is 4.39. The molecule has 1 fully saturated rings. The first kappa shape index (κ1) is 17.4. The van der Waals surface area contributed by atoms with Gasteiger partial charge in [0.25, 0.3) is 0 Å². The molecule has 2 rings (SSSR count). The third-order valence-corrected chi connectivity index (χ3v) is 4.60.